The SMILES string of the molecule is c1ccc(-c2c3ccccc3c(-c3ccccc3)c3cc(-c4cccc5cccc(-c6ccccc6)c45)ccc23)cc1. The maximum absolute atomic E-state index is 2.42. The van der Waals surface area contributed by atoms with Crippen LogP contribution in [0.25, 0.3) is 76.8 Å². The Kier molecular flexibility index (Phi) is 5.90. The van der Waals surface area contributed by atoms with Crippen LogP contribution in [0.4, 0.5) is 0 Å². The summed E-state index contributed by atoms with van der Waals surface area (Å²) in [5.74, 6) is 0. The Morgan fingerprint density at radius 1 is 0.262 bits per heavy atom. The predicted molar refractivity (Wildman–Crippen MR) is 181 cm³/mol. The minimum atomic E-state index is 1.22. The molecular formula is C42H28. The maximum Gasteiger partial charge on any atom is -0.00262 e. The van der Waals surface area contributed by atoms with E-state index in [0.29, 0.717) is 0 Å². The molecule has 0 bridgehead atoms. The zero-order valence-electron chi connectivity index (χ0n) is 23.2. The van der Waals surface area contributed by atoms with Crippen molar-refractivity contribution in [2.45, 2.75) is 0 Å². The summed E-state index contributed by atoms with van der Waals surface area (Å²) in [5, 5.41) is 7.63. The van der Waals surface area contributed by atoms with Crippen LogP contribution in [0.3, 0.4) is 0 Å². The Bertz CT molecular complexity index is 2200. The number of hydrogen-bond acceptors (Lipinski definition) is 0. The van der Waals surface area contributed by atoms with Crippen LogP contribution in [-0.2, 0) is 0 Å². The van der Waals surface area contributed by atoms with E-state index in [9.17, 15) is 0 Å². The molecule has 8 aromatic carbocycles. The molecule has 8 rings (SSSR count). The molecule has 0 aliphatic carbocycles. The van der Waals surface area contributed by atoms with Crippen molar-refractivity contribution in [3.63, 3.8) is 0 Å². The van der Waals surface area contributed by atoms with Gasteiger partial charge in [0.1, 0.15) is 0 Å². The molecule has 0 aliphatic rings. The molecule has 8 aromatic rings. The van der Waals surface area contributed by atoms with Gasteiger partial charge in [0.15, 0.2) is 0 Å². The quantitative estimate of drug-likeness (QED) is 0.198. The van der Waals surface area contributed by atoms with E-state index in [1.807, 2.05) is 0 Å². The highest BCUT2D eigenvalue weighted by molar-refractivity contribution is 6.22. The second-order valence-electron chi connectivity index (χ2n) is 10.9. The molecule has 0 heteroatoms. The van der Waals surface area contributed by atoms with Gasteiger partial charge in [0.25, 0.3) is 0 Å². The summed E-state index contributed by atoms with van der Waals surface area (Å²) in [5.41, 5.74) is 10.0. The lowest BCUT2D eigenvalue weighted by atomic mass is 9.84. The normalized spacial score (nSPS) is 11.3. The highest BCUT2D eigenvalue weighted by atomic mass is 14.2. The largest absolute Gasteiger partial charge is 0.0622 e. The lowest BCUT2D eigenvalue weighted by Gasteiger charge is -2.19. The Labute approximate surface area is 246 Å². The van der Waals surface area contributed by atoms with Gasteiger partial charge in [0.2, 0.25) is 0 Å². The van der Waals surface area contributed by atoms with Crippen LogP contribution in [0.1, 0.15) is 0 Å². The molecule has 196 valence electrons. The first-order valence-corrected chi connectivity index (χ1v) is 14.5. The Morgan fingerprint density at radius 3 is 1.29 bits per heavy atom. The van der Waals surface area contributed by atoms with Crippen LogP contribution in [-0.4, -0.2) is 0 Å². The van der Waals surface area contributed by atoms with Crippen molar-refractivity contribution in [3.05, 3.63) is 170 Å². The average Bonchev–Trinajstić information content (AvgIpc) is 3.07. The maximum atomic E-state index is 2.42. The lowest BCUT2D eigenvalue weighted by molar-refractivity contribution is 1.63. The summed E-state index contributed by atoms with van der Waals surface area (Å²) in [6, 6.07) is 61.7. The second kappa shape index (κ2) is 10.2. The molecule has 42 heavy (non-hydrogen) atoms. The first-order valence-electron chi connectivity index (χ1n) is 14.5. The van der Waals surface area contributed by atoms with Gasteiger partial charge in [-0.1, -0.05) is 164 Å². The molecule has 0 fully saturated rings. The highest BCUT2D eigenvalue weighted by Gasteiger charge is 2.18. The average molecular weight is 533 g/mol. The van der Waals surface area contributed by atoms with Crippen LogP contribution in [0.15, 0.2) is 170 Å². The standard InChI is InChI=1S/C42H28/c1-4-14-29(15-5-1)34-24-12-20-32-21-13-25-35(40(32)34)33-26-27-38-39(28-33)42(31-18-8-3-9-19-31)37-23-11-10-22-36(37)41(38)30-16-6-2-7-17-30/h1-28H. The second-order valence-corrected chi connectivity index (χ2v) is 10.9. The van der Waals surface area contributed by atoms with Gasteiger partial charge in [-0.15, -0.1) is 0 Å². The van der Waals surface area contributed by atoms with E-state index in [4.69, 9.17) is 0 Å². The van der Waals surface area contributed by atoms with Crippen molar-refractivity contribution >= 4 is 32.3 Å². The predicted octanol–water partition coefficient (Wildman–Crippen LogP) is 11.8. The summed E-state index contributed by atoms with van der Waals surface area (Å²) in [6.45, 7) is 0. The highest BCUT2D eigenvalue weighted by Crippen LogP contribution is 2.45. The summed E-state index contributed by atoms with van der Waals surface area (Å²) in [6.07, 6.45) is 0. The van der Waals surface area contributed by atoms with Crippen molar-refractivity contribution in [2.75, 3.05) is 0 Å². The fourth-order valence-electron chi connectivity index (χ4n) is 6.62. The molecule has 0 saturated heterocycles. The Balaban J connectivity index is 1.50. The molecule has 0 N–H and O–H groups in total. The summed E-state index contributed by atoms with van der Waals surface area (Å²) < 4.78 is 0. The topological polar surface area (TPSA) is 0 Å². The molecule has 0 aliphatic heterocycles. The van der Waals surface area contributed by atoms with E-state index in [0.717, 1.165) is 0 Å². The molecule has 0 atom stereocenters. The third-order valence-electron chi connectivity index (χ3n) is 8.45. The molecule has 0 radical (unpaired) electrons. The van der Waals surface area contributed by atoms with Crippen molar-refractivity contribution in [2.24, 2.45) is 0 Å². The summed E-state index contributed by atoms with van der Waals surface area (Å²) >= 11 is 0. The number of fused-ring (bicyclic) bond motifs is 3. The van der Waals surface area contributed by atoms with E-state index in [2.05, 4.69) is 170 Å². The van der Waals surface area contributed by atoms with E-state index in [1.54, 1.807) is 0 Å². The van der Waals surface area contributed by atoms with Crippen LogP contribution >= 0.6 is 0 Å². The zero-order chi connectivity index (χ0) is 27.9. The molecule has 0 unspecified atom stereocenters. The van der Waals surface area contributed by atoms with Crippen LogP contribution < -0.4 is 0 Å². The van der Waals surface area contributed by atoms with E-state index < -0.39 is 0 Å². The minimum Gasteiger partial charge on any atom is -0.0622 e. The third kappa shape index (κ3) is 4.00. The smallest absolute Gasteiger partial charge is 0.00262 e. The number of benzene rings is 8. The molecule has 0 amide bonds. The van der Waals surface area contributed by atoms with Crippen LogP contribution in [0.2, 0.25) is 0 Å². The van der Waals surface area contributed by atoms with Crippen LogP contribution in [0, 0.1) is 0 Å². The first kappa shape index (κ1) is 24.3. The van der Waals surface area contributed by atoms with Gasteiger partial charge in [-0.25, -0.2) is 0 Å². The molecule has 0 nitrogen and oxygen atoms in total. The zero-order valence-corrected chi connectivity index (χ0v) is 23.2. The number of hydrogen-bond donors (Lipinski definition) is 0. The third-order valence-corrected chi connectivity index (χ3v) is 8.45. The van der Waals surface area contributed by atoms with Gasteiger partial charge in [-0.2, -0.15) is 0 Å². The van der Waals surface area contributed by atoms with Gasteiger partial charge < -0.3 is 0 Å². The fourth-order valence-corrected chi connectivity index (χ4v) is 6.62. The molecule has 0 spiro atoms. The minimum absolute atomic E-state index is 1.22. The summed E-state index contributed by atoms with van der Waals surface area (Å²) in [7, 11) is 0. The van der Waals surface area contributed by atoms with Gasteiger partial charge in [-0.3, -0.25) is 0 Å². The van der Waals surface area contributed by atoms with E-state index in [1.165, 1.54) is 76.8 Å². The van der Waals surface area contributed by atoms with E-state index in [-0.39, 0.29) is 0 Å². The first-order chi connectivity index (χ1) is 20.9. The molecule has 0 saturated carbocycles. The van der Waals surface area contributed by atoms with Crippen molar-refractivity contribution in [1.82, 2.24) is 0 Å². The van der Waals surface area contributed by atoms with Crippen molar-refractivity contribution in [1.29, 1.82) is 0 Å². The van der Waals surface area contributed by atoms with Crippen molar-refractivity contribution in [3.8, 4) is 44.5 Å². The van der Waals surface area contributed by atoms with Gasteiger partial charge in [0.05, 0.1) is 0 Å². The Morgan fingerprint density at radius 2 is 0.714 bits per heavy atom. The van der Waals surface area contributed by atoms with Crippen LogP contribution in [0.5, 0.6) is 0 Å². The number of rotatable bonds is 4. The van der Waals surface area contributed by atoms with Crippen molar-refractivity contribution < 1.29 is 0 Å². The van der Waals surface area contributed by atoms with Gasteiger partial charge in [-0.05, 0) is 82.9 Å². The lowest BCUT2D eigenvalue weighted by Crippen LogP contribution is -1.92. The van der Waals surface area contributed by atoms with Gasteiger partial charge in [0, 0.05) is 0 Å². The summed E-state index contributed by atoms with van der Waals surface area (Å²) in [4.78, 5) is 0. The van der Waals surface area contributed by atoms with E-state index >= 15 is 0 Å². The van der Waals surface area contributed by atoms with Gasteiger partial charge >= 0.3 is 0 Å². The molecule has 0 aromatic heterocycles. The Hall–Kier alpha value is -5.46. The monoisotopic (exact) mass is 532 g/mol. The molecular weight excluding hydrogens is 504 g/mol. The molecule has 0 heterocycles. The fraction of sp³-hybridized carbons (Fsp3) is 0.